The van der Waals surface area contributed by atoms with Crippen molar-refractivity contribution >= 4 is 21.9 Å². The predicted molar refractivity (Wildman–Crippen MR) is 273 cm³/mol. The summed E-state index contributed by atoms with van der Waals surface area (Å²) in [6.45, 7) is 0. The molecule has 7 aromatic carbocycles. The second-order valence-electron chi connectivity index (χ2n) is 17.1. The summed E-state index contributed by atoms with van der Waals surface area (Å²) in [5, 5.41) is 2.04. The highest BCUT2D eigenvalue weighted by atomic mass is 16.6. The van der Waals surface area contributed by atoms with E-state index >= 15 is 0 Å². The third kappa shape index (κ3) is 7.41. The van der Waals surface area contributed by atoms with Crippen molar-refractivity contribution in [2.24, 2.45) is 0 Å². The van der Waals surface area contributed by atoms with Crippen molar-refractivity contribution in [1.29, 1.82) is 0 Å². The van der Waals surface area contributed by atoms with E-state index in [9.17, 15) is 0 Å². The second-order valence-corrected chi connectivity index (χ2v) is 17.1. The van der Waals surface area contributed by atoms with Gasteiger partial charge in [0.1, 0.15) is 11.2 Å². The lowest BCUT2D eigenvalue weighted by Crippen LogP contribution is -2.38. The van der Waals surface area contributed by atoms with Gasteiger partial charge in [-0.05, 0) is 106 Å². The number of hydrogen-bond acceptors (Lipinski definition) is 8. The van der Waals surface area contributed by atoms with E-state index in [4.69, 9.17) is 28.8 Å². The predicted octanol–water partition coefficient (Wildman–Crippen LogP) is 14.5. The molecule has 69 heavy (non-hydrogen) atoms. The number of fused-ring (bicyclic) bond motifs is 5. The Morgan fingerprint density at radius 1 is 0.348 bits per heavy atom. The standard InChI is InChI=1S/C61H39N5O3/c1-2-12-38(13-3-1)41-14-8-15-42(32-41)60-64-59(65-61(66-60)52-20-9-19-51-50-18-4-5-21-53(50)67-56(51)52)40-26-24-39(25-27-40)48-28-29-49(58-57(48)68-54-22-6-7-23-55(54)69-58)47-34-45(43-16-10-30-62-36-43)33-46(35-47)44-17-11-31-63-37-44/h1-37,54-55H. The summed E-state index contributed by atoms with van der Waals surface area (Å²) in [7, 11) is 0. The van der Waals surface area contributed by atoms with E-state index in [0.29, 0.717) is 29.0 Å². The molecule has 2 aliphatic rings. The van der Waals surface area contributed by atoms with Crippen LogP contribution in [0.5, 0.6) is 11.5 Å². The molecule has 8 nitrogen and oxygen atoms in total. The highest BCUT2D eigenvalue weighted by Gasteiger charge is 2.33. The van der Waals surface area contributed by atoms with E-state index < -0.39 is 0 Å². The van der Waals surface area contributed by atoms with Crippen LogP contribution in [0, 0.1) is 0 Å². The van der Waals surface area contributed by atoms with E-state index in [-0.39, 0.29) is 12.2 Å². The van der Waals surface area contributed by atoms with Crippen LogP contribution in [-0.2, 0) is 0 Å². The first-order chi connectivity index (χ1) is 34.2. The van der Waals surface area contributed by atoms with Crippen molar-refractivity contribution in [1.82, 2.24) is 24.9 Å². The average Bonchev–Trinajstić information content (AvgIpc) is 3.82. The maximum absolute atomic E-state index is 6.94. The smallest absolute Gasteiger partial charge is 0.170 e. The monoisotopic (exact) mass is 889 g/mol. The van der Waals surface area contributed by atoms with Gasteiger partial charge in [-0.25, -0.2) is 15.0 Å². The Bertz CT molecular complexity index is 3740. The zero-order valence-corrected chi connectivity index (χ0v) is 37.0. The van der Waals surface area contributed by atoms with E-state index in [1.54, 1.807) is 12.4 Å². The summed E-state index contributed by atoms with van der Waals surface area (Å²) in [5.41, 5.74) is 14.1. The van der Waals surface area contributed by atoms with Crippen LogP contribution in [0.25, 0.3) is 112 Å². The molecule has 5 heterocycles. The minimum absolute atomic E-state index is 0.288. The highest BCUT2D eigenvalue weighted by molar-refractivity contribution is 6.09. The molecule has 4 aromatic heterocycles. The van der Waals surface area contributed by atoms with Crippen molar-refractivity contribution in [2.45, 2.75) is 12.2 Å². The quantitative estimate of drug-likeness (QED) is 0.149. The van der Waals surface area contributed by atoms with Gasteiger partial charge in [0.2, 0.25) is 0 Å². The third-order valence-electron chi connectivity index (χ3n) is 12.9. The van der Waals surface area contributed by atoms with Crippen molar-refractivity contribution in [2.75, 3.05) is 0 Å². The maximum Gasteiger partial charge on any atom is 0.170 e. The molecule has 0 N–H and O–H groups in total. The Balaban J connectivity index is 0.933. The molecular weight excluding hydrogens is 851 g/mol. The van der Waals surface area contributed by atoms with E-state index in [0.717, 1.165) is 94.3 Å². The molecular formula is C61H39N5O3. The average molecular weight is 890 g/mol. The Morgan fingerprint density at radius 3 is 1.58 bits per heavy atom. The number of nitrogens with zero attached hydrogens (tertiary/aromatic N) is 5. The minimum atomic E-state index is -0.290. The Morgan fingerprint density at radius 2 is 0.884 bits per heavy atom. The topological polar surface area (TPSA) is 96.1 Å². The van der Waals surface area contributed by atoms with Gasteiger partial charge < -0.3 is 13.9 Å². The zero-order chi connectivity index (χ0) is 45.7. The van der Waals surface area contributed by atoms with Crippen LogP contribution in [0.3, 0.4) is 0 Å². The first kappa shape index (κ1) is 40.0. The van der Waals surface area contributed by atoms with Crippen LogP contribution in [0.4, 0.5) is 0 Å². The lowest BCUT2D eigenvalue weighted by atomic mass is 9.91. The second kappa shape index (κ2) is 16.9. The molecule has 0 saturated carbocycles. The van der Waals surface area contributed by atoms with Crippen LogP contribution >= 0.6 is 0 Å². The van der Waals surface area contributed by atoms with Crippen LogP contribution in [0.2, 0.25) is 0 Å². The molecule has 11 aromatic rings. The number of allylic oxidation sites excluding steroid dienone is 2. The summed E-state index contributed by atoms with van der Waals surface area (Å²) >= 11 is 0. The summed E-state index contributed by atoms with van der Waals surface area (Å²) in [5.74, 6) is 2.98. The van der Waals surface area contributed by atoms with Gasteiger partial charge in [0.05, 0.1) is 5.56 Å². The first-order valence-corrected chi connectivity index (χ1v) is 22.9. The molecule has 1 aliphatic carbocycles. The molecule has 326 valence electrons. The zero-order valence-electron chi connectivity index (χ0n) is 37.0. The molecule has 0 fully saturated rings. The molecule has 2 atom stereocenters. The summed E-state index contributed by atoms with van der Waals surface area (Å²) in [6.07, 6.45) is 14.9. The van der Waals surface area contributed by atoms with Gasteiger partial charge in [-0.1, -0.05) is 127 Å². The van der Waals surface area contributed by atoms with Gasteiger partial charge in [0.25, 0.3) is 0 Å². The number of para-hydroxylation sites is 2. The van der Waals surface area contributed by atoms with E-state index in [1.807, 2.05) is 103 Å². The molecule has 0 spiro atoms. The van der Waals surface area contributed by atoms with Gasteiger partial charge >= 0.3 is 0 Å². The Kier molecular flexibility index (Phi) is 9.79. The number of benzene rings is 7. The van der Waals surface area contributed by atoms with Crippen LogP contribution < -0.4 is 9.47 Å². The number of pyridine rings is 2. The van der Waals surface area contributed by atoms with Crippen molar-refractivity contribution in [3.05, 3.63) is 225 Å². The van der Waals surface area contributed by atoms with Crippen LogP contribution in [0.1, 0.15) is 0 Å². The van der Waals surface area contributed by atoms with Crippen molar-refractivity contribution < 1.29 is 13.9 Å². The molecule has 0 radical (unpaired) electrons. The van der Waals surface area contributed by atoms with Crippen LogP contribution in [0.15, 0.2) is 229 Å². The lowest BCUT2D eigenvalue weighted by Gasteiger charge is -2.34. The van der Waals surface area contributed by atoms with Gasteiger partial charge in [-0.15, -0.1) is 0 Å². The van der Waals surface area contributed by atoms with Gasteiger partial charge in [-0.3, -0.25) is 9.97 Å². The summed E-state index contributed by atoms with van der Waals surface area (Å²) in [4.78, 5) is 24.3. The fourth-order valence-corrected chi connectivity index (χ4v) is 9.43. The molecule has 0 amide bonds. The number of hydrogen-bond donors (Lipinski definition) is 0. The van der Waals surface area contributed by atoms with Crippen molar-refractivity contribution in [3.8, 4) is 101 Å². The maximum atomic E-state index is 6.94. The van der Waals surface area contributed by atoms with Gasteiger partial charge in [-0.2, -0.15) is 0 Å². The highest BCUT2D eigenvalue weighted by Crippen LogP contribution is 2.50. The molecule has 13 rings (SSSR count). The first-order valence-electron chi connectivity index (χ1n) is 22.9. The summed E-state index contributed by atoms with van der Waals surface area (Å²) < 4.78 is 20.4. The summed E-state index contributed by atoms with van der Waals surface area (Å²) in [6, 6.07) is 60.1. The molecule has 0 bridgehead atoms. The molecule has 0 saturated heterocycles. The largest absolute Gasteiger partial charge is 0.478 e. The Hall–Kier alpha value is -9.27. The molecule has 8 heteroatoms. The number of furan rings is 1. The molecule has 1 aliphatic heterocycles. The number of aromatic nitrogens is 5. The number of ether oxygens (including phenoxy) is 2. The fourth-order valence-electron chi connectivity index (χ4n) is 9.43. The van der Waals surface area contributed by atoms with Crippen LogP contribution in [-0.4, -0.2) is 37.1 Å². The SMILES string of the molecule is C1=CC2Oc3c(-c4ccc(-c5nc(-c6cccc(-c7ccccc7)c6)nc(-c6cccc7c6oc6ccccc67)n5)cc4)ccc(-c4cc(-c5cccnc5)cc(-c5cccnc5)c4)c3OC2C=C1. The normalized spacial score (nSPS) is 14.8. The third-order valence-corrected chi connectivity index (χ3v) is 12.9. The number of rotatable bonds is 8. The van der Waals surface area contributed by atoms with Crippen molar-refractivity contribution in [3.63, 3.8) is 0 Å². The van der Waals surface area contributed by atoms with E-state index in [1.165, 1.54) is 0 Å². The minimum Gasteiger partial charge on any atom is -0.478 e. The van der Waals surface area contributed by atoms with Gasteiger partial charge in [0.15, 0.2) is 41.2 Å². The lowest BCUT2D eigenvalue weighted by molar-refractivity contribution is 0.0769. The van der Waals surface area contributed by atoms with Gasteiger partial charge in [0, 0.05) is 68.9 Å². The molecule has 2 unspecified atom stereocenters. The Labute approximate surface area is 397 Å². The van der Waals surface area contributed by atoms with E-state index in [2.05, 4.69) is 119 Å². The fraction of sp³-hybridized carbons (Fsp3) is 0.0328.